The Bertz CT molecular complexity index is 653. The lowest BCUT2D eigenvalue weighted by molar-refractivity contribution is 0.227. The van der Waals surface area contributed by atoms with E-state index in [0.717, 1.165) is 19.5 Å². The van der Waals surface area contributed by atoms with E-state index < -0.39 is 10.0 Å². The van der Waals surface area contributed by atoms with Gasteiger partial charge in [0.1, 0.15) is 16.4 Å². The molecule has 0 radical (unpaired) electrons. The van der Waals surface area contributed by atoms with E-state index in [9.17, 15) is 8.42 Å². The minimum Gasteiger partial charge on any atom is -0.497 e. The van der Waals surface area contributed by atoms with Gasteiger partial charge in [-0.25, -0.2) is 8.42 Å². The molecule has 2 saturated heterocycles. The van der Waals surface area contributed by atoms with Crippen molar-refractivity contribution < 1.29 is 17.9 Å². The Balaban J connectivity index is 0.00000192. The number of hydrogen-bond donors (Lipinski definition) is 1. The summed E-state index contributed by atoms with van der Waals surface area (Å²) in [6, 6.07) is 4.87. The van der Waals surface area contributed by atoms with Crippen LogP contribution in [-0.2, 0) is 10.0 Å². The van der Waals surface area contributed by atoms with Gasteiger partial charge in [0.05, 0.1) is 14.2 Å². The van der Waals surface area contributed by atoms with Crippen LogP contribution in [0.2, 0.25) is 0 Å². The van der Waals surface area contributed by atoms with Crippen LogP contribution in [-0.4, -0.2) is 53.1 Å². The molecule has 2 fully saturated rings. The van der Waals surface area contributed by atoms with Crippen molar-refractivity contribution in [3.05, 3.63) is 18.2 Å². The first-order valence-corrected chi connectivity index (χ1v) is 8.93. The number of fused-ring (bicyclic) bond motifs is 1. The van der Waals surface area contributed by atoms with E-state index in [-0.39, 0.29) is 17.3 Å². The molecule has 1 N–H and O–H groups in total. The van der Waals surface area contributed by atoms with Gasteiger partial charge in [0.2, 0.25) is 10.0 Å². The fraction of sp³-hybridized carbons (Fsp3) is 0.600. The average molecular weight is 363 g/mol. The molecule has 1 aromatic rings. The summed E-state index contributed by atoms with van der Waals surface area (Å²) in [7, 11) is -0.574. The summed E-state index contributed by atoms with van der Waals surface area (Å²) >= 11 is 0. The Labute approximate surface area is 143 Å². The third-order valence-electron chi connectivity index (χ3n) is 4.66. The fourth-order valence-corrected chi connectivity index (χ4v) is 5.03. The molecule has 0 amide bonds. The smallest absolute Gasteiger partial charge is 0.246 e. The van der Waals surface area contributed by atoms with Crippen molar-refractivity contribution in [2.75, 3.05) is 40.4 Å². The van der Waals surface area contributed by atoms with Crippen LogP contribution in [0.5, 0.6) is 11.5 Å². The summed E-state index contributed by atoms with van der Waals surface area (Å²) in [5.41, 5.74) is 0. The number of ether oxygens (including phenoxy) is 2. The predicted molar refractivity (Wildman–Crippen MR) is 90.0 cm³/mol. The zero-order chi connectivity index (χ0) is 15.7. The van der Waals surface area contributed by atoms with Crippen LogP contribution in [0.15, 0.2) is 23.1 Å². The lowest BCUT2D eigenvalue weighted by Gasteiger charge is -2.33. The highest BCUT2D eigenvalue weighted by Gasteiger charge is 2.38. The second kappa shape index (κ2) is 7.25. The lowest BCUT2D eigenvalue weighted by atomic mass is 9.90. The van der Waals surface area contributed by atoms with Gasteiger partial charge in [-0.2, -0.15) is 4.31 Å². The van der Waals surface area contributed by atoms with E-state index in [0.29, 0.717) is 36.4 Å². The second-order valence-corrected chi connectivity index (χ2v) is 7.75. The van der Waals surface area contributed by atoms with E-state index in [1.807, 2.05) is 0 Å². The molecule has 0 aromatic heterocycles. The van der Waals surface area contributed by atoms with Gasteiger partial charge in [-0.15, -0.1) is 12.4 Å². The number of sulfonamides is 1. The summed E-state index contributed by atoms with van der Waals surface area (Å²) in [4.78, 5) is 0.179. The molecule has 130 valence electrons. The summed E-state index contributed by atoms with van der Waals surface area (Å²) in [5, 5.41) is 3.35. The fourth-order valence-electron chi connectivity index (χ4n) is 3.34. The van der Waals surface area contributed by atoms with E-state index in [2.05, 4.69) is 5.32 Å². The Hall–Kier alpha value is -1.02. The van der Waals surface area contributed by atoms with Gasteiger partial charge < -0.3 is 14.8 Å². The number of nitrogens with zero attached hydrogens (tertiary/aromatic N) is 1. The highest BCUT2D eigenvalue weighted by molar-refractivity contribution is 7.89. The molecule has 0 saturated carbocycles. The Morgan fingerprint density at radius 3 is 2.61 bits per heavy atom. The van der Waals surface area contributed by atoms with Gasteiger partial charge in [-0.3, -0.25) is 0 Å². The first-order valence-electron chi connectivity index (χ1n) is 7.49. The van der Waals surface area contributed by atoms with Gasteiger partial charge in [0, 0.05) is 19.2 Å². The number of rotatable bonds is 4. The van der Waals surface area contributed by atoms with Gasteiger partial charge in [0.25, 0.3) is 0 Å². The number of benzene rings is 1. The summed E-state index contributed by atoms with van der Waals surface area (Å²) < 4.78 is 38.0. The molecule has 2 atom stereocenters. The normalized spacial score (nSPS) is 24.6. The van der Waals surface area contributed by atoms with Gasteiger partial charge in [-0.05, 0) is 43.5 Å². The second-order valence-electron chi connectivity index (χ2n) is 5.85. The van der Waals surface area contributed by atoms with E-state index >= 15 is 0 Å². The van der Waals surface area contributed by atoms with Crippen LogP contribution in [0.4, 0.5) is 0 Å². The molecule has 23 heavy (non-hydrogen) atoms. The molecular weight excluding hydrogens is 340 g/mol. The first-order chi connectivity index (χ1) is 10.6. The van der Waals surface area contributed by atoms with Gasteiger partial charge in [0.15, 0.2) is 0 Å². The van der Waals surface area contributed by atoms with Gasteiger partial charge in [-0.1, -0.05) is 0 Å². The zero-order valence-electron chi connectivity index (χ0n) is 13.3. The summed E-state index contributed by atoms with van der Waals surface area (Å²) in [6.45, 7) is 3.03. The van der Waals surface area contributed by atoms with Crippen LogP contribution in [0.1, 0.15) is 6.42 Å². The molecule has 1 aromatic carbocycles. The Kier molecular flexibility index (Phi) is 5.78. The SMILES string of the molecule is COc1ccc(OC)c(S(=O)(=O)N2CCC3CNCC3C2)c1.Cl. The minimum atomic E-state index is -3.58. The predicted octanol–water partition coefficient (Wildman–Crippen LogP) is 1.36. The molecule has 2 heterocycles. The summed E-state index contributed by atoms with van der Waals surface area (Å²) in [5.74, 6) is 1.86. The standard InChI is InChI=1S/C15H22N2O4S.ClH/c1-20-13-3-4-14(21-2)15(7-13)22(18,19)17-6-5-11-8-16-9-12(11)10-17;/h3-4,7,11-12,16H,5-6,8-10H2,1-2H3;1H. The lowest BCUT2D eigenvalue weighted by Crippen LogP contribution is -2.43. The molecule has 0 aliphatic carbocycles. The average Bonchev–Trinajstić information content (AvgIpc) is 3.01. The minimum absolute atomic E-state index is 0. The maximum Gasteiger partial charge on any atom is 0.246 e. The van der Waals surface area contributed by atoms with Crippen molar-refractivity contribution in [1.29, 1.82) is 0 Å². The highest BCUT2D eigenvalue weighted by atomic mass is 35.5. The maximum atomic E-state index is 13.0. The molecule has 8 heteroatoms. The first kappa shape index (κ1) is 18.3. The van der Waals surface area contributed by atoms with Crippen molar-refractivity contribution >= 4 is 22.4 Å². The topological polar surface area (TPSA) is 67.9 Å². The third kappa shape index (κ3) is 3.42. The van der Waals surface area contributed by atoms with Crippen molar-refractivity contribution in [2.24, 2.45) is 11.8 Å². The molecule has 3 rings (SSSR count). The van der Waals surface area contributed by atoms with E-state index in [4.69, 9.17) is 9.47 Å². The monoisotopic (exact) mass is 362 g/mol. The molecule has 0 bridgehead atoms. The van der Waals surface area contributed by atoms with Crippen LogP contribution in [0.25, 0.3) is 0 Å². The number of halogens is 1. The van der Waals surface area contributed by atoms with Crippen molar-refractivity contribution in [1.82, 2.24) is 9.62 Å². The maximum absolute atomic E-state index is 13.0. The van der Waals surface area contributed by atoms with Crippen LogP contribution in [0, 0.1) is 11.8 Å². The highest BCUT2D eigenvalue weighted by Crippen LogP contribution is 2.34. The third-order valence-corrected chi connectivity index (χ3v) is 6.54. The number of piperidine rings is 1. The molecule has 6 nitrogen and oxygen atoms in total. The summed E-state index contributed by atoms with van der Waals surface area (Å²) in [6.07, 6.45) is 0.906. The Morgan fingerprint density at radius 1 is 1.17 bits per heavy atom. The zero-order valence-corrected chi connectivity index (χ0v) is 15.0. The van der Waals surface area contributed by atoms with E-state index in [1.165, 1.54) is 20.3 Å². The van der Waals surface area contributed by atoms with E-state index in [1.54, 1.807) is 16.4 Å². The van der Waals surface area contributed by atoms with Crippen molar-refractivity contribution in [3.63, 3.8) is 0 Å². The largest absolute Gasteiger partial charge is 0.497 e. The quantitative estimate of drug-likeness (QED) is 0.875. The van der Waals surface area contributed by atoms with Crippen LogP contribution < -0.4 is 14.8 Å². The van der Waals surface area contributed by atoms with Crippen LogP contribution in [0.3, 0.4) is 0 Å². The molecule has 0 spiro atoms. The Morgan fingerprint density at radius 2 is 1.91 bits per heavy atom. The van der Waals surface area contributed by atoms with Crippen LogP contribution >= 0.6 is 12.4 Å². The molecular formula is C15H23ClN2O4S. The van der Waals surface area contributed by atoms with Crippen molar-refractivity contribution in [3.8, 4) is 11.5 Å². The molecule has 2 aliphatic heterocycles. The van der Waals surface area contributed by atoms with Crippen molar-refractivity contribution in [2.45, 2.75) is 11.3 Å². The molecule has 2 unspecified atom stereocenters. The molecule has 2 aliphatic rings. The van der Waals surface area contributed by atoms with Gasteiger partial charge >= 0.3 is 0 Å². The number of hydrogen-bond acceptors (Lipinski definition) is 5. The number of methoxy groups -OCH3 is 2. The number of nitrogens with one attached hydrogen (secondary N) is 1.